The van der Waals surface area contributed by atoms with E-state index in [9.17, 15) is 14.4 Å². The average Bonchev–Trinajstić information content (AvgIpc) is 2.87. The molecule has 1 aromatic carbocycles. The molecule has 2 aliphatic heterocycles. The number of unbranched alkanes of at least 4 members (excludes halogenated alkanes) is 1. The largest absolute Gasteiger partial charge is 0.462 e. The Morgan fingerprint density at radius 2 is 1.67 bits per heavy atom. The van der Waals surface area contributed by atoms with Crippen LogP contribution in [0.3, 0.4) is 0 Å². The van der Waals surface area contributed by atoms with Crippen LogP contribution in [0.4, 0.5) is 5.69 Å². The van der Waals surface area contributed by atoms with Gasteiger partial charge >= 0.3 is 5.97 Å². The van der Waals surface area contributed by atoms with Gasteiger partial charge in [0.2, 0.25) is 0 Å². The first-order chi connectivity index (χ1) is 11.6. The number of rotatable bonds is 5. The van der Waals surface area contributed by atoms with Gasteiger partial charge in [-0.1, -0.05) is 13.3 Å². The van der Waals surface area contributed by atoms with Gasteiger partial charge in [0, 0.05) is 11.5 Å². The van der Waals surface area contributed by atoms with Crippen molar-refractivity contribution in [2.75, 3.05) is 23.0 Å². The molecule has 0 aromatic heterocycles. The van der Waals surface area contributed by atoms with Gasteiger partial charge in [-0.2, -0.15) is 0 Å². The SMILES string of the molecule is CCCCOC(=O)c1ccc(N2C(=O)C3=C(SCCS3)C2=O)cc1. The number of carbonyl (C=O) groups excluding carboxylic acids is 3. The highest BCUT2D eigenvalue weighted by Gasteiger charge is 2.41. The standard InChI is InChI=1S/C17H17NO4S2/c1-2-3-8-22-17(21)11-4-6-12(7-5-11)18-15(19)13-14(16(18)20)24-10-9-23-13/h4-7H,2-3,8-10H2,1H3. The topological polar surface area (TPSA) is 63.7 Å². The molecule has 3 rings (SSSR count). The predicted molar refractivity (Wildman–Crippen MR) is 96.1 cm³/mol. The summed E-state index contributed by atoms with van der Waals surface area (Å²) in [6.45, 7) is 2.42. The van der Waals surface area contributed by atoms with Crippen molar-refractivity contribution in [2.24, 2.45) is 0 Å². The van der Waals surface area contributed by atoms with Gasteiger partial charge in [-0.3, -0.25) is 9.59 Å². The lowest BCUT2D eigenvalue weighted by molar-refractivity contribution is -0.120. The summed E-state index contributed by atoms with van der Waals surface area (Å²) in [5, 5.41) is 0. The van der Waals surface area contributed by atoms with Crippen molar-refractivity contribution in [2.45, 2.75) is 19.8 Å². The molecule has 24 heavy (non-hydrogen) atoms. The number of amides is 2. The molecule has 1 aromatic rings. The van der Waals surface area contributed by atoms with Crippen LogP contribution in [0.15, 0.2) is 34.1 Å². The highest BCUT2D eigenvalue weighted by molar-refractivity contribution is 8.11. The third-order valence-corrected chi connectivity index (χ3v) is 6.21. The smallest absolute Gasteiger partial charge is 0.338 e. The molecule has 0 aliphatic carbocycles. The zero-order valence-corrected chi connectivity index (χ0v) is 14.9. The number of anilines is 1. The van der Waals surface area contributed by atoms with E-state index >= 15 is 0 Å². The summed E-state index contributed by atoms with van der Waals surface area (Å²) in [5.74, 6) is 0.728. The van der Waals surface area contributed by atoms with Gasteiger partial charge in [0.05, 0.1) is 27.7 Å². The minimum absolute atomic E-state index is 0.273. The summed E-state index contributed by atoms with van der Waals surface area (Å²) in [6, 6.07) is 6.39. The third-order valence-electron chi connectivity index (χ3n) is 3.67. The number of carbonyl (C=O) groups is 3. The maximum Gasteiger partial charge on any atom is 0.338 e. The Balaban J connectivity index is 1.74. The molecule has 0 atom stereocenters. The molecule has 2 amide bonds. The Kier molecular flexibility index (Phi) is 5.30. The number of hydrogen-bond donors (Lipinski definition) is 0. The van der Waals surface area contributed by atoms with Gasteiger partial charge in [-0.25, -0.2) is 9.69 Å². The summed E-state index contributed by atoms with van der Waals surface area (Å²) in [5.41, 5.74) is 0.890. The molecule has 0 saturated carbocycles. The Labute approximate surface area is 148 Å². The lowest BCUT2D eigenvalue weighted by atomic mass is 10.2. The van der Waals surface area contributed by atoms with E-state index < -0.39 is 5.97 Å². The summed E-state index contributed by atoms with van der Waals surface area (Å²) < 4.78 is 5.15. The lowest BCUT2D eigenvalue weighted by Crippen LogP contribution is -2.31. The monoisotopic (exact) mass is 363 g/mol. The second-order valence-corrected chi connectivity index (χ2v) is 7.55. The second-order valence-electron chi connectivity index (χ2n) is 5.34. The second kappa shape index (κ2) is 7.44. The summed E-state index contributed by atoms with van der Waals surface area (Å²) in [4.78, 5) is 39.1. The van der Waals surface area contributed by atoms with Crippen LogP contribution in [0.2, 0.25) is 0 Å². The van der Waals surface area contributed by atoms with Crippen molar-refractivity contribution in [3.63, 3.8) is 0 Å². The molecule has 126 valence electrons. The fourth-order valence-electron chi connectivity index (χ4n) is 2.41. The first kappa shape index (κ1) is 17.1. The molecule has 5 nitrogen and oxygen atoms in total. The van der Waals surface area contributed by atoms with Gasteiger partial charge in [-0.15, -0.1) is 23.5 Å². The van der Waals surface area contributed by atoms with E-state index in [4.69, 9.17) is 4.74 Å². The maximum absolute atomic E-state index is 12.5. The molecule has 0 spiro atoms. The molecule has 2 aliphatic rings. The molecular weight excluding hydrogens is 346 g/mol. The third kappa shape index (κ3) is 3.23. The van der Waals surface area contributed by atoms with Crippen molar-refractivity contribution in [1.82, 2.24) is 0 Å². The zero-order valence-electron chi connectivity index (χ0n) is 13.2. The number of imide groups is 1. The molecule has 0 N–H and O–H groups in total. The molecule has 0 bridgehead atoms. The molecular formula is C17H17NO4S2. The van der Waals surface area contributed by atoms with E-state index in [1.54, 1.807) is 24.3 Å². The van der Waals surface area contributed by atoms with Crippen LogP contribution in [-0.4, -0.2) is 35.9 Å². The van der Waals surface area contributed by atoms with Crippen LogP contribution >= 0.6 is 23.5 Å². The maximum atomic E-state index is 12.5. The van der Waals surface area contributed by atoms with Crippen LogP contribution in [0.5, 0.6) is 0 Å². The quantitative estimate of drug-likeness (QED) is 0.455. The van der Waals surface area contributed by atoms with Gasteiger partial charge in [0.1, 0.15) is 0 Å². The number of ether oxygens (including phenoxy) is 1. The minimum atomic E-state index is -0.391. The lowest BCUT2D eigenvalue weighted by Gasteiger charge is -2.15. The molecule has 2 heterocycles. The number of esters is 1. The van der Waals surface area contributed by atoms with Gasteiger partial charge in [0.25, 0.3) is 11.8 Å². The van der Waals surface area contributed by atoms with Gasteiger partial charge in [-0.05, 0) is 30.7 Å². The minimum Gasteiger partial charge on any atom is -0.462 e. The van der Waals surface area contributed by atoms with Crippen LogP contribution in [0, 0.1) is 0 Å². The molecule has 7 heteroatoms. The van der Waals surface area contributed by atoms with E-state index in [1.165, 1.54) is 28.4 Å². The van der Waals surface area contributed by atoms with Crippen LogP contribution < -0.4 is 4.90 Å². The first-order valence-corrected chi connectivity index (χ1v) is 9.76. The highest BCUT2D eigenvalue weighted by atomic mass is 32.2. The van der Waals surface area contributed by atoms with E-state index in [2.05, 4.69) is 0 Å². The van der Waals surface area contributed by atoms with Crippen LogP contribution in [0.1, 0.15) is 30.1 Å². The Morgan fingerprint density at radius 1 is 1.08 bits per heavy atom. The first-order valence-electron chi connectivity index (χ1n) is 7.79. The van der Waals surface area contributed by atoms with E-state index in [0.717, 1.165) is 24.3 Å². The summed E-state index contributed by atoms with van der Waals surface area (Å²) in [6.07, 6.45) is 1.78. The molecule has 0 fully saturated rings. The Bertz CT molecular complexity index is 684. The fraction of sp³-hybridized carbons (Fsp3) is 0.353. The van der Waals surface area contributed by atoms with Crippen molar-refractivity contribution >= 4 is 47.0 Å². The van der Waals surface area contributed by atoms with E-state index in [-0.39, 0.29) is 11.8 Å². The zero-order chi connectivity index (χ0) is 17.1. The number of benzene rings is 1. The normalized spacial score (nSPS) is 17.3. The Morgan fingerprint density at radius 3 is 2.21 bits per heavy atom. The Hall–Kier alpha value is -1.73. The molecule has 0 unspecified atom stereocenters. The number of hydrogen-bond acceptors (Lipinski definition) is 6. The van der Waals surface area contributed by atoms with Crippen LogP contribution in [-0.2, 0) is 14.3 Å². The van der Waals surface area contributed by atoms with E-state index in [1.807, 2.05) is 6.92 Å². The summed E-state index contributed by atoms with van der Waals surface area (Å²) >= 11 is 2.87. The summed E-state index contributed by atoms with van der Waals surface area (Å²) in [7, 11) is 0. The van der Waals surface area contributed by atoms with Crippen LogP contribution in [0.25, 0.3) is 0 Å². The van der Waals surface area contributed by atoms with Crippen molar-refractivity contribution in [1.29, 1.82) is 0 Å². The fourth-order valence-corrected chi connectivity index (χ4v) is 4.70. The number of nitrogens with zero attached hydrogens (tertiary/aromatic N) is 1. The van der Waals surface area contributed by atoms with Gasteiger partial charge in [0.15, 0.2) is 0 Å². The van der Waals surface area contributed by atoms with Crippen molar-refractivity contribution < 1.29 is 19.1 Å². The molecule has 0 saturated heterocycles. The molecule has 0 radical (unpaired) electrons. The average molecular weight is 363 g/mol. The number of thioether (sulfide) groups is 2. The van der Waals surface area contributed by atoms with Crippen molar-refractivity contribution in [3.05, 3.63) is 39.6 Å². The highest BCUT2D eigenvalue weighted by Crippen LogP contribution is 2.42. The predicted octanol–water partition coefficient (Wildman–Crippen LogP) is 3.21. The van der Waals surface area contributed by atoms with Gasteiger partial charge < -0.3 is 4.74 Å². The van der Waals surface area contributed by atoms with E-state index in [0.29, 0.717) is 27.7 Å². The van der Waals surface area contributed by atoms with Crippen molar-refractivity contribution in [3.8, 4) is 0 Å².